The molecule has 1 heterocycles. The third-order valence-corrected chi connectivity index (χ3v) is 5.33. The van der Waals surface area contributed by atoms with Gasteiger partial charge < -0.3 is 5.32 Å². The quantitative estimate of drug-likeness (QED) is 0.393. The van der Waals surface area contributed by atoms with E-state index in [-0.39, 0.29) is 16.8 Å². The number of amides is 1. The van der Waals surface area contributed by atoms with Gasteiger partial charge in [-0.25, -0.2) is 9.97 Å². The second kappa shape index (κ2) is 9.30. The van der Waals surface area contributed by atoms with Gasteiger partial charge in [-0.15, -0.1) is 0 Å². The normalized spacial score (nSPS) is 12.4. The van der Waals surface area contributed by atoms with Gasteiger partial charge in [0.05, 0.1) is 10.9 Å². The first-order valence-corrected chi connectivity index (χ1v) is 10.2. The fraction of sp³-hybridized carbons (Fsp3) is 0.227. The number of para-hydroxylation sites is 1. The van der Waals surface area contributed by atoms with E-state index in [1.807, 2.05) is 25.1 Å². The van der Waals surface area contributed by atoms with Crippen LogP contribution in [0.4, 0.5) is 18.9 Å². The zero-order chi connectivity index (χ0) is 21.7. The maximum absolute atomic E-state index is 13.4. The van der Waals surface area contributed by atoms with Crippen LogP contribution in [0.5, 0.6) is 0 Å². The Morgan fingerprint density at radius 3 is 2.40 bits per heavy atom. The zero-order valence-electron chi connectivity index (χ0n) is 16.4. The molecule has 0 radical (unpaired) electrons. The predicted molar refractivity (Wildman–Crippen MR) is 112 cm³/mol. The molecule has 0 spiro atoms. The van der Waals surface area contributed by atoms with Crippen LogP contribution >= 0.6 is 11.8 Å². The molecule has 4 nitrogen and oxygen atoms in total. The molecule has 0 bridgehead atoms. The maximum atomic E-state index is 13.4. The Morgan fingerprint density at radius 2 is 1.73 bits per heavy atom. The lowest BCUT2D eigenvalue weighted by Crippen LogP contribution is -2.23. The van der Waals surface area contributed by atoms with E-state index in [0.717, 1.165) is 29.8 Å². The molecule has 8 heteroatoms. The average molecular weight is 431 g/mol. The smallest absolute Gasteiger partial charge is 0.325 e. The Morgan fingerprint density at radius 1 is 1.07 bits per heavy atom. The monoisotopic (exact) mass is 431 g/mol. The van der Waals surface area contributed by atoms with Gasteiger partial charge in [0.1, 0.15) is 5.69 Å². The molecule has 1 aromatic heterocycles. The standard InChI is InChI=1S/C22H20F3N3OS/c1-3-15-9-7-8-12-17(15)26-20(29)14(2)30-21-27-18(16-10-5-4-6-11-16)13-19(28-21)22(23,24)25/h4-14H,3H2,1-2H3,(H,26,29). The molecule has 1 atom stereocenters. The number of alkyl halides is 3. The Labute approximate surface area is 177 Å². The highest BCUT2D eigenvalue weighted by Crippen LogP contribution is 2.33. The Hall–Kier alpha value is -2.87. The highest BCUT2D eigenvalue weighted by molar-refractivity contribution is 8.00. The predicted octanol–water partition coefficient (Wildman–Crippen LogP) is 5.84. The summed E-state index contributed by atoms with van der Waals surface area (Å²) in [6.07, 6.45) is -3.87. The highest BCUT2D eigenvalue weighted by atomic mass is 32.2. The number of rotatable bonds is 6. The molecule has 3 rings (SSSR count). The molecule has 0 aliphatic heterocycles. The molecular weight excluding hydrogens is 411 g/mol. The first kappa shape index (κ1) is 21.8. The topological polar surface area (TPSA) is 54.9 Å². The molecule has 30 heavy (non-hydrogen) atoms. The van der Waals surface area contributed by atoms with E-state index in [1.54, 1.807) is 43.3 Å². The first-order chi connectivity index (χ1) is 14.3. The van der Waals surface area contributed by atoms with Crippen molar-refractivity contribution in [2.24, 2.45) is 0 Å². The lowest BCUT2D eigenvalue weighted by atomic mass is 10.1. The number of carbonyl (C=O) groups excluding carboxylic acids is 1. The van der Waals surface area contributed by atoms with E-state index < -0.39 is 17.1 Å². The SMILES string of the molecule is CCc1ccccc1NC(=O)C(C)Sc1nc(-c2ccccc2)cc(C(F)(F)F)n1. The van der Waals surface area contributed by atoms with Gasteiger partial charge in [0.15, 0.2) is 5.16 Å². The fourth-order valence-electron chi connectivity index (χ4n) is 2.78. The van der Waals surface area contributed by atoms with E-state index in [0.29, 0.717) is 11.3 Å². The van der Waals surface area contributed by atoms with Crippen molar-refractivity contribution < 1.29 is 18.0 Å². The van der Waals surface area contributed by atoms with Gasteiger partial charge in [0.25, 0.3) is 0 Å². The van der Waals surface area contributed by atoms with Crippen LogP contribution in [0.3, 0.4) is 0 Å². The molecule has 156 valence electrons. The summed E-state index contributed by atoms with van der Waals surface area (Å²) in [6.45, 7) is 3.59. The van der Waals surface area contributed by atoms with Crippen LogP contribution in [0.25, 0.3) is 11.3 Å². The number of anilines is 1. The molecule has 2 aromatic carbocycles. The molecule has 1 unspecified atom stereocenters. The first-order valence-electron chi connectivity index (χ1n) is 9.35. The third-order valence-electron chi connectivity index (χ3n) is 4.37. The number of nitrogens with zero attached hydrogens (tertiary/aromatic N) is 2. The Kier molecular flexibility index (Phi) is 6.77. The summed E-state index contributed by atoms with van der Waals surface area (Å²) in [5, 5.41) is 2.04. The Bertz CT molecular complexity index is 1030. The number of halogens is 3. The lowest BCUT2D eigenvalue weighted by molar-refractivity contribution is -0.141. The molecule has 0 saturated carbocycles. The van der Waals surface area contributed by atoms with Crippen molar-refractivity contribution in [1.82, 2.24) is 9.97 Å². The molecule has 1 N–H and O–H groups in total. The number of benzene rings is 2. The molecule has 1 amide bonds. The fourth-order valence-corrected chi connectivity index (χ4v) is 3.56. The molecule has 0 aliphatic rings. The number of aromatic nitrogens is 2. The molecule has 3 aromatic rings. The van der Waals surface area contributed by atoms with Gasteiger partial charge in [-0.2, -0.15) is 13.2 Å². The summed E-state index contributed by atoms with van der Waals surface area (Å²) in [5.41, 5.74) is 1.32. The van der Waals surface area contributed by atoms with E-state index in [9.17, 15) is 18.0 Å². The van der Waals surface area contributed by atoms with Crippen molar-refractivity contribution in [2.45, 2.75) is 36.9 Å². The number of aryl methyl sites for hydroxylation is 1. The number of hydrogen-bond acceptors (Lipinski definition) is 4. The summed E-state index contributed by atoms with van der Waals surface area (Å²) in [7, 11) is 0. The summed E-state index contributed by atoms with van der Waals surface area (Å²) < 4.78 is 40.1. The van der Waals surface area contributed by atoms with Gasteiger partial charge in [-0.3, -0.25) is 4.79 Å². The minimum absolute atomic E-state index is 0.102. The van der Waals surface area contributed by atoms with Crippen LogP contribution in [-0.2, 0) is 17.4 Å². The van der Waals surface area contributed by atoms with E-state index in [2.05, 4.69) is 15.3 Å². The average Bonchev–Trinajstić information content (AvgIpc) is 2.74. The summed E-state index contributed by atoms with van der Waals surface area (Å²) in [6, 6.07) is 16.9. The summed E-state index contributed by atoms with van der Waals surface area (Å²) >= 11 is 0.889. The lowest BCUT2D eigenvalue weighted by Gasteiger charge is -2.15. The van der Waals surface area contributed by atoms with Gasteiger partial charge in [0, 0.05) is 11.3 Å². The van der Waals surface area contributed by atoms with Crippen LogP contribution in [-0.4, -0.2) is 21.1 Å². The van der Waals surface area contributed by atoms with E-state index in [1.165, 1.54) is 0 Å². The van der Waals surface area contributed by atoms with Crippen LogP contribution in [0.1, 0.15) is 25.1 Å². The zero-order valence-corrected chi connectivity index (χ0v) is 17.2. The van der Waals surface area contributed by atoms with Crippen LogP contribution in [0, 0.1) is 0 Å². The Balaban J connectivity index is 1.85. The van der Waals surface area contributed by atoms with E-state index in [4.69, 9.17) is 0 Å². The van der Waals surface area contributed by atoms with Gasteiger partial charge in [-0.05, 0) is 31.0 Å². The van der Waals surface area contributed by atoms with Crippen LogP contribution < -0.4 is 5.32 Å². The molecule has 0 aliphatic carbocycles. The van der Waals surface area contributed by atoms with Crippen molar-refractivity contribution >= 4 is 23.4 Å². The van der Waals surface area contributed by atoms with Gasteiger partial charge in [0.2, 0.25) is 5.91 Å². The second-order valence-electron chi connectivity index (χ2n) is 6.54. The van der Waals surface area contributed by atoms with Crippen molar-refractivity contribution in [2.75, 3.05) is 5.32 Å². The highest BCUT2D eigenvalue weighted by Gasteiger charge is 2.34. The minimum Gasteiger partial charge on any atom is -0.325 e. The van der Waals surface area contributed by atoms with E-state index >= 15 is 0 Å². The largest absolute Gasteiger partial charge is 0.433 e. The molecule has 0 saturated heterocycles. The third kappa shape index (κ3) is 5.38. The van der Waals surface area contributed by atoms with Crippen molar-refractivity contribution in [3.63, 3.8) is 0 Å². The van der Waals surface area contributed by atoms with Gasteiger partial charge in [-0.1, -0.05) is 67.2 Å². The van der Waals surface area contributed by atoms with Crippen molar-refractivity contribution in [1.29, 1.82) is 0 Å². The van der Waals surface area contributed by atoms with Crippen molar-refractivity contribution in [3.05, 3.63) is 71.9 Å². The molecule has 0 fully saturated rings. The number of carbonyl (C=O) groups is 1. The summed E-state index contributed by atoms with van der Waals surface area (Å²) in [5.74, 6) is -0.330. The number of nitrogens with one attached hydrogen (secondary N) is 1. The number of hydrogen-bond donors (Lipinski definition) is 1. The molecular formula is C22H20F3N3OS. The van der Waals surface area contributed by atoms with Crippen LogP contribution in [0.15, 0.2) is 65.8 Å². The van der Waals surface area contributed by atoms with Crippen molar-refractivity contribution in [3.8, 4) is 11.3 Å². The maximum Gasteiger partial charge on any atom is 0.433 e. The van der Waals surface area contributed by atoms with Crippen LogP contribution in [0.2, 0.25) is 0 Å². The minimum atomic E-state index is -4.62. The number of thioether (sulfide) groups is 1. The van der Waals surface area contributed by atoms with Gasteiger partial charge >= 0.3 is 6.18 Å². The second-order valence-corrected chi connectivity index (χ2v) is 7.85. The summed E-state index contributed by atoms with van der Waals surface area (Å²) in [4.78, 5) is 20.5.